The maximum absolute atomic E-state index is 13.8. The van der Waals surface area contributed by atoms with E-state index in [0.29, 0.717) is 49.1 Å². The fourth-order valence-electron chi connectivity index (χ4n) is 5.30. The maximum atomic E-state index is 13.8. The van der Waals surface area contributed by atoms with Gasteiger partial charge in [0.05, 0.1) is 19.0 Å². The molecule has 0 spiro atoms. The number of hydrogen-bond acceptors (Lipinski definition) is 6. The summed E-state index contributed by atoms with van der Waals surface area (Å²) < 4.78 is 26.7. The lowest BCUT2D eigenvalue weighted by atomic mass is 9.91. The third-order valence-corrected chi connectivity index (χ3v) is 7.30. The number of aliphatic imine (C=N–C) groups is 1. The van der Waals surface area contributed by atoms with Crippen LogP contribution in [-0.4, -0.2) is 71.3 Å². The van der Waals surface area contributed by atoms with Gasteiger partial charge in [-0.05, 0) is 77.7 Å². The highest BCUT2D eigenvalue weighted by atomic mass is 19.1. The number of aromatic amines is 1. The van der Waals surface area contributed by atoms with Gasteiger partial charge in [0.2, 0.25) is 0 Å². The zero-order valence-corrected chi connectivity index (χ0v) is 24.1. The lowest BCUT2D eigenvalue weighted by Crippen LogP contribution is -2.44. The highest BCUT2D eigenvalue weighted by molar-refractivity contribution is 5.82. The number of H-pyrrole nitrogens is 1. The Labute approximate surface area is 240 Å². The third-order valence-electron chi connectivity index (χ3n) is 7.30. The second kappa shape index (κ2) is 15.4. The predicted molar refractivity (Wildman–Crippen MR) is 160 cm³/mol. The molecule has 2 atom stereocenters. The molecule has 0 bridgehead atoms. The summed E-state index contributed by atoms with van der Waals surface area (Å²) in [6.45, 7) is 10.3. The molecule has 0 saturated heterocycles. The average Bonchev–Trinajstić information content (AvgIpc) is 3.57. The van der Waals surface area contributed by atoms with Crippen LogP contribution in [0.3, 0.4) is 0 Å². The summed E-state index contributed by atoms with van der Waals surface area (Å²) in [5.41, 5.74) is 2.04. The van der Waals surface area contributed by atoms with Crippen molar-refractivity contribution in [2.24, 2.45) is 4.99 Å². The second-order valence-corrected chi connectivity index (χ2v) is 10.3. The summed E-state index contributed by atoms with van der Waals surface area (Å²) in [6, 6.07) is 2.17. The van der Waals surface area contributed by atoms with Crippen molar-refractivity contribution in [2.75, 3.05) is 33.0 Å². The summed E-state index contributed by atoms with van der Waals surface area (Å²) >= 11 is 0. The Balaban J connectivity index is 1.31. The lowest BCUT2D eigenvalue weighted by Gasteiger charge is -2.31. The molecule has 1 fully saturated rings. The molecular weight excluding hydrogens is 525 g/mol. The number of allylic oxidation sites excluding steroid dienone is 1. The van der Waals surface area contributed by atoms with Gasteiger partial charge in [-0.25, -0.2) is 24.1 Å². The molecule has 0 unspecified atom stereocenters. The van der Waals surface area contributed by atoms with Crippen molar-refractivity contribution in [3.63, 3.8) is 0 Å². The van der Waals surface area contributed by atoms with Crippen molar-refractivity contribution in [1.82, 2.24) is 30.2 Å². The van der Waals surface area contributed by atoms with Crippen molar-refractivity contribution >= 4 is 35.7 Å². The predicted octanol–water partition coefficient (Wildman–Crippen LogP) is 6.10. The van der Waals surface area contributed by atoms with E-state index in [1.54, 1.807) is 12.4 Å². The van der Waals surface area contributed by atoms with Gasteiger partial charge >= 0.3 is 6.03 Å². The Kier molecular flexibility index (Phi) is 11.4. The first kappa shape index (κ1) is 30.4. The quantitative estimate of drug-likeness (QED) is 0.152. The molecule has 3 N–H and O–H groups in total. The monoisotopic (exact) mass is 567 g/mol. The maximum Gasteiger partial charge on any atom is 0.315 e. The van der Waals surface area contributed by atoms with Crippen LogP contribution in [0.1, 0.15) is 70.4 Å². The van der Waals surface area contributed by atoms with E-state index in [1.165, 1.54) is 13.0 Å². The number of nitrogens with zero attached hydrogens (tertiary/aromatic N) is 4. The standard InChI is InChI=1S/C30H42FN7O3/c1-4-40-15-16-41-14-7-5-6-12-33-30(39)36-23-9-8-10-24(18-23)38-13-11-22-19-34-28(37-29(22)38)26-20-35-27(32-3)25(26)17-21(2)31/h11,13,17,19-20,23-24,35H,3-10,12,14-16,18H2,1-2H3,(H2,33,36,39)/b21-17+/t23-,24+/m1/s1. The minimum absolute atomic E-state index is 0.0846. The molecule has 0 radical (unpaired) electrons. The molecule has 222 valence electrons. The van der Waals surface area contributed by atoms with Crippen LogP contribution in [0.4, 0.5) is 15.0 Å². The number of halogens is 1. The number of hydrogen-bond donors (Lipinski definition) is 3. The summed E-state index contributed by atoms with van der Waals surface area (Å²) in [6.07, 6.45) is 13.6. The normalized spacial score (nSPS) is 17.6. The van der Waals surface area contributed by atoms with Crippen LogP contribution in [0.25, 0.3) is 28.5 Å². The fraction of sp³-hybridized carbons (Fsp3) is 0.533. The number of fused-ring (bicyclic) bond motifs is 1. The first-order chi connectivity index (χ1) is 20.0. The first-order valence-corrected chi connectivity index (χ1v) is 14.6. The molecular formula is C30H42FN7O3. The molecule has 3 heterocycles. The van der Waals surface area contributed by atoms with Gasteiger partial charge in [-0.1, -0.05) is 0 Å². The van der Waals surface area contributed by atoms with E-state index in [9.17, 15) is 9.18 Å². The van der Waals surface area contributed by atoms with Crippen molar-refractivity contribution < 1.29 is 18.7 Å². The highest BCUT2D eigenvalue weighted by Crippen LogP contribution is 2.34. The molecule has 0 aliphatic heterocycles. The van der Waals surface area contributed by atoms with Crippen LogP contribution in [0, 0.1) is 0 Å². The number of carbonyl (C=O) groups excluding carboxylic acids is 1. The molecule has 11 heteroatoms. The van der Waals surface area contributed by atoms with Gasteiger partial charge in [0.15, 0.2) is 5.82 Å². The number of carbonyl (C=O) groups is 1. The molecule has 3 aromatic rings. The topological polar surface area (TPSA) is 118 Å². The third kappa shape index (κ3) is 8.46. The fourth-order valence-corrected chi connectivity index (χ4v) is 5.30. The number of aromatic nitrogens is 4. The average molecular weight is 568 g/mol. The molecule has 1 saturated carbocycles. The number of ether oxygens (including phenoxy) is 2. The molecule has 2 amide bonds. The van der Waals surface area contributed by atoms with E-state index < -0.39 is 0 Å². The molecule has 1 aliphatic rings. The zero-order chi connectivity index (χ0) is 29.0. The molecule has 3 aromatic heterocycles. The van der Waals surface area contributed by atoms with Crippen LogP contribution in [0.5, 0.6) is 0 Å². The van der Waals surface area contributed by atoms with E-state index in [-0.39, 0.29) is 23.9 Å². The van der Waals surface area contributed by atoms with Crippen molar-refractivity contribution in [2.45, 2.75) is 70.9 Å². The van der Waals surface area contributed by atoms with E-state index in [1.807, 2.05) is 19.2 Å². The minimum atomic E-state index is -0.344. The number of amides is 2. The van der Waals surface area contributed by atoms with Crippen molar-refractivity contribution in [3.05, 3.63) is 36.0 Å². The smallest absolute Gasteiger partial charge is 0.315 e. The van der Waals surface area contributed by atoms with Crippen LogP contribution in [-0.2, 0) is 9.47 Å². The molecule has 4 rings (SSSR count). The van der Waals surface area contributed by atoms with Crippen LogP contribution >= 0.6 is 0 Å². The first-order valence-electron chi connectivity index (χ1n) is 14.6. The summed E-state index contributed by atoms with van der Waals surface area (Å²) in [5, 5.41) is 7.09. The van der Waals surface area contributed by atoms with Gasteiger partial charge in [0.1, 0.15) is 11.5 Å². The second-order valence-electron chi connectivity index (χ2n) is 10.3. The Morgan fingerprint density at radius 3 is 2.93 bits per heavy atom. The van der Waals surface area contributed by atoms with Gasteiger partial charge in [-0.3, -0.25) is 0 Å². The Bertz CT molecular complexity index is 1310. The van der Waals surface area contributed by atoms with E-state index in [0.717, 1.165) is 62.6 Å². The molecule has 1 aliphatic carbocycles. The van der Waals surface area contributed by atoms with Crippen LogP contribution in [0.2, 0.25) is 0 Å². The van der Waals surface area contributed by atoms with Crippen molar-refractivity contribution in [1.29, 1.82) is 0 Å². The summed E-state index contributed by atoms with van der Waals surface area (Å²) in [7, 11) is 0. The number of unbranched alkanes of at least 4 members (excludes halogenated alkanes) is 2. The largest absolute Gasteiger partial charge is 0.379 e. The Morgan fingerprint density at radius 2 is 2.12 bits per heavy atom. The highest BCUT2D eigenvalue weighted by Gasteiger charge is 2.26. The lowest BCUT2D eigenvalue weighted by molar-refractivity contribution is 0.0513. The van der Waals surface area contributed by atoms with E-state index in [2.05, 4.69) is 36.9 Å². The van der Waals surface area contributed by atoms with Gasteiger partial charge in [-0.15, -0.1) is 0 Å². The molecule has 41 heavy (non-hydrogen) atoms. The van der Waals surface area contributed by atoms with Crippen LogP contribution in [0.15, 0.2) is 35.5 Å². The summed E-state index contributed by atoms with van der Waals surface area (Å²) in [4.78, 5) is 29.0. The minimum Gasteiger partial charge on any atom is -0.379 e. The Hall–Kier alpha value is -3.57. The zero-order valence-electron chi connectivity index (χ0n) is 24.1. The van der Waals surface area contributed by atoms with Crippen LogP contribution < -0.4 is 10.6 Å². The number of nitrogens with one attached hydrogen (secondary N) is 3. The molecule has 0 aromatic carbocycles. The van der Waals surface area contributed by atoms with Crippen molar-refractivity contribution in [3.8, 4) is 11.4 Å². The van der Waals surface area contributed by atoms with Gasteiger partial charge in [0, 0.05) is 66.9 Å². The number of urea groups is 1. The van der Waals surface area contributed by atoms with E-state index >= 15 is 0 Å². The van der Waals surface area contributed by atoms with E-state index in [4.69, 9.17) is 14.5 Å². The number of rotatable bonds is 15. The van der Waals surface area contributed by atoms with Gasteiger partial charge < -0.3 is 29.7 Å². The van der Waals surface area contributed by atoms with Gasteiger partial charge in [0.25, 0.3) is 0 Å². The SMILES string of the molecule is C=Nc1[nH]cc(-c2ncc3ccn([C@H]4CCC[C@@H](NC(=O)NCCCCCOCCOCC)C4)c3n2)c1/C=C(\C)F. The summed E-state index contributed by atoms with van der Waals surface area (Å²) in [5.74, 6) is 0.611. The Morgan fingerprint density at radius 1 is 1.27 bits per heavy atom. The molecule has 10 nitrogen and oxygen atoms in total. The van der Waals surface area contributed by atoms with Gasteiger partial charge in [-0.2, -0.15) is 0 Å².